The first-order chi connectivity index (χ1) is 14.1. The Morgan fingerprint density at radius 1 is 0.966 bits per heavy atom. The van der Waals surface area contributed by atoms with E-state index in [0.29, 0.717) is 41.9 Å². The number of anilines is 1. The van der Waals surface area contributed by atoms with Gasteiger partial charge in [0.05, 0.1) is 4.88 Å². The van der Waals surface area contributed by atoms with Crippen LogP contribution in [-0.4, -0.2) is 52.9 Å². The summed E-state index contributed by atoms with van der Waals surface area (Å²) in [6.07, 6.45) is 1.76. The zero-order valence-corrected chi connectivity index (χ0v) is 17.1. The number of rotatable bonds is 3. The van der Waals surface area contributed by atoms with Crippen LogP contribution in [0.3, 0.4) is 0 Å². The van der Waals surface area contributed by atoms with Gasteiger partial charge in [-0.15, -0.1) is 0 Å². The molecule has 0 radical (unpaired) electrons. The van der Waals surface area contributed by atoms with E-state index in [4.69, 9.17) is 11.6 Å². The number of urea groups is 1. The van der Waals surface area contributed by atoms with E-state index in [1.807, 2.05) is 30.3 Å². The Morgan fingerprint density at radius 3 is 2.41 bits per heavy atom. The maximum Gasteiger partial charge on any atom is 0.323 e. The third kappa shape index (κ3) is 4.58. The predicted molar refractivity (Wildman–Crippen MR) is 115 cm³/mol. The monoisotopic (exact) mass is 426 g/mol. The van der Waals surface area contributed by atoms with E-state index in [1.165, 1.54) is 11.3 Å². The molecule has 1 aromatic heterocycles. The number of piperazine rings is 1. The average Bonchev–Trinajstić information content (AvgIpc) is 3.22. The van der Waals surface area contributed by atoms with Crippen LogP contribution in [0.1, 0.15) is 10.4 Å². The van der Waals surface area contributed by atoms with Crippen LogP contribution in [0.25, 0.3) is 10.4 Å². The minimum atomic E-state index is -0.200. The maximum atomic E-state index is 12.6. The Bertz CT molecular complexity index is 1020. The molecule has 0 spiro atoms. The molecule has 0 aliphatic carbocycles. The van der Waals surface area contributed by atoms with Gasteiger partial charge in [0.15, 0.2) is 5.13 Å². The lowest BCUT2D eigenvalue weighted by atomic mass is 10.2. The van der Waals surface area contributed by atoms with E-state index >= 15 is 0 Å². The van der Waals surface area contributed by atoms with Crippen molar-refractivity contribution in [1.82, 2.24) is 14.8 Å². The van der Waals surface area contributed by atoms with Gasteiger partial charge in [0, 0.05) is 43.0 Å². The molecule has 0 bridgehead atoms. The smallest absolute Gasteiger partial charge is 0.323 e. The summed E-state index contributed by atoms with van der Waals surface area (Å²) in [7, 11) is 0. The van der Waals surface area contributed by atoms with Gasteiger partial charge >= 0.3 is 6.03 Å². The lowest BCUT2D eigenvalue weighted by molar-refractivity contribution is 0.0671. The highest BCUT2D eigenvalue weighted by molar-refractivity contribution is 7.19. The summed E-state index contributed by atoms with van der Waals surface area (Å²) >= 11 is 7.41. The number of aromatic nitrogens is 1. The van der Waals surface area contributed by atoms with Crippen molar-refractivity contribution in [2.24, 2.45) is 0 Å². The zero-order chi connectivity index (χ0) is 20.2. The third-order valence-corrected chi connectivity index (χ3v) is 5.90. The van der Waals surface area contributed by atoms with E-state index in [2.05, 4.69) is 10.3 Å². The molecule has 148 valence electrons. The topological polar surface area (TPSA) is 65.5 Å². The molecule has 3 aromatic rings. The zero-order valence-electron chi connectivity index (χ0n) is 15.5. The predicted octanol–water partition coefficient (Wildman–Crippen LogP) is 4.45. The van der Waals surface area contributed by atoms with Crippen molar-refractivity contribution in [1.29, 1.82) is 0 Å². The van der Waals surface area contributed by atoms with Crippen molar-refractivity contribution >= 4 is 40.0 Å². The molecule has 8 heteroatoms. The Balaban J connectivity index is 1.32. The molecule has 1 N–H and O–H groups in total. The summed E-state index contributed by atoms with van der Waals surface area (Å²) in [6, 6.07) is 16.6. The van der Waals surface area contributed by atoms with Crippen molar-refractivity contribution in [3.63, 3.8) is 0 Å². The van der Waals surface area contributed by atoms with Gasteiger partial charge in [0.2, 0.25) is 0 Å². The first-order valence-electron chi connectivity index (χ1n) is 9.22. The molecule has 0 unspecified atom stereocenters. The molecule has 0 atom stereocenters. The molecular formula is C21H19ClN4O2S. The van der Waals surface area contributed by atoms with Gasteiger partial charge in [0.25, 0.3) is 5.91 Å². The Labute approximate surface area is 177 Å². The lowest BCUT2D eigenvalue weighted by Gasteiger charge is -2.34. The molecule has 3 amide bonds. The highest BCUT2D eigenvalue weighted by Crippen LogP contribution is 2.28. The summed E-state index contributed by atoms with van der Waals surface area (Å²) < 4.78 is 0. The highest BCUT2D eigenvalue weighted by atomic mass is 35.5. The van der Waals surface area contributed by atoms with Crippen molar-refractivity contribution < 1.29 is 9.59 Å². The first kappa shape index (κ1) is 19.4. The number of nitrogens with zero attached hydrogens (tertiary/aromatic N) is 3. The van der Waals surface area contributed by atoms with Crippen molar-refractivity contribution in [3.05, 3.63) is 71.4 Å². The molecule has 1 saturated heterocycles. The van der Waals surface area contributed by atoms with Crippen LogP contribution >= 0.6 is 22.9 Å². The third-order valence-electron chi connectivity index (χ3n) is 4.70. The molecular weight excluding hydrogens is 408 g/mol. The number of carbonyl (C=O) groups excluding carboxylic acids is 2. The summed E-state index contributed by atoms with van der Waals surface area (Å²) in [6.45, 7) is 1.89. The van der Waals surface area contributed by atoms with Gasteiger partial charge in [0.1, 0.15) is 0 Å². The average molecular weight is 427 g/mol. The number of halogens is 1. The van der Waals surface area contributed by atoms with Gasteiger partial charge in [-0.05, 0) is 23.8 Å². The molecule has 2 aromatic carbocycles. The fourth-order valence-electron chi connectivity index (χ4n) is 3.16. The molecule has 1 fully saturated rings. The Kier molecular flexibility index (Phi) is 5.78. The maximum absolute atomic E-state index is 12.6. The van der Waals surface area contributed by atoms with Gasteiger partial charge in [-0.2, -0.15) is 0 Å². The molecule has 1 aliphatic heterocycles. The number of thiazole rings is 1. The van der Waals surface area contributed by atoms with E-state index in [0.717, 1.165) is 10.4 Å². The van der Waals surface area contributed by atoms with Crippen LogP contribution in [0.5, 0.6) is 0 Å². The standard InChI is InChI=1S/C21H19ClN4O2S/c22-17-8-4-7-16(13-17)19(27)25-9-11-26(12-10-25)21(28)24-20-23-14-18(29-20)15-5-2-1-3-6-15/h1-8,13-14H,9-12H2,(H,23,24,28). The quantitative estimate of drug-likeness (QED) is 0.672. The molecule has 1 aliphatic rings. The second-order valence-corrected chi connectivity index (χ2v) is 8.08. The number of hydrogen-bond acceptors (Lipinski definition) is 4. The second kappa shape index (κ2) is 8.63. The SMILES string of the molecule is O=C(Nc1ncc(-c2ccccc2)s1)N1CCN(C(=O)c2cccc(Cl)c2)CC1. The van der Waals surface area contributed by atoms with Crippen LogP contribution in [-0.2, 0) is 0 Å². The summed E-state index contributed by atoms with van der Waals surface area (Å²) in [5.41, 5.74) is 1.63. The van der Waals surface area contributed by atoms with Crippen molar-refractivity contribution in [2.75, 3.05) is 31.5 Å². The van der Waals surface area contributed by atoms with Crippen LogP contribution in [0.2, 0.25) is 5.02 Å². The molecule has 29 heavy (non-hydrogen) atoms. The number of carbonyl (C=O) groups is 2. The number of hydrogen-bond donors (Lipinski definition) is 1. The van der Waals surface area contributed by atoms with E-state index < -0.39 is 0 Å². The number of benzene rings is 2. The molecule has 0 saturated carbocycles. The molecule has 2 heterocycles. The van der Waals surface area contributed by atoms with Gasteiger partial charge in [-0.25, -0.2) is 9.78 Å². The van der Waals surface area contributed by atoms with Gasteiger partial charge in [-0.1, -0.05) is 59.3 Å². The largest absolute Gasteiger partial charge is 0.335 e. The fourth-order valence-corrected chi connectivity index (χ4v) is 4.16. The molecule has 4 rings (SSSR count). The highest BCUT2D eigenvalue weighted by Gasteiger charge is 2.25. The fraction of sp³-hybridized carbons (Fsp3) is 0.190. The Morgan fingerprint density at radius 2 is 1.69 bits per heavy atom. The second-order valence-electron chi connectivity index (χ2n) is 6.62. The minimum absolute atomic E-state index is 0.0695. The number of amides is 3. The van der Waals surface area contributed by atoms with E-state index in [9.17, 15) is 9.59 Å². The van der Waals surface area contributed by atoms with E-state index in [-0.39, 0.29) is 11.9 Å². The minimum Gasteiger partial charge on any atom is -0.335 e. The van der Waals surface area contributed by atoms with Gasteiger partial charge < -0.3 is 9.80 Å². The first-order valence-corrected chi connectivity index (χ1v) is 10.4. The normalized spacial score (nSPS) is 14.0. The van der Waals surface area contributed by atoms with Crippen LogP contribution < -0.4 is 5.32 Å². The van der Waals surface area contributed by atoms with E-state index in [1.54, 1.807) is 40.3 Å². The number of nitrogens with one attached hydrogen (secondary N) is 1. The van der Waals surface area contributed by atoms with Crippen LogP contribution in [0, 0.1) is 0 Å². The lowest BCUT2D eigenvalue weighted by Crippen LogP contribution is -2.51. The van der Waals surface area contributed by atoms with Crippen molar-refractivity contribution in [3.8, 4) is 10.4 Å². The molecule has 6 nitrogen and oxygen atoms in total. The van der Waals surface area contributed by atoms with Crippen LogP contribution in [0.15, 0.2) is 60.8 Å². The summed E-state index contributed by atoms with van der Waals surface area (Å²) in [5, 5.41) is 3.95. The van der Waals surface area contributed by atoms with Gasteiger partial charge in [-0.3, -0.25) is 10.1 Å². The summed E-state index contributed by atoms with van der Waals surface area (Å²) in [5.74, 6) is -0.0695. The van der Waals surface area contributed by atoms with Crippen molar-refractivity contribution in [2.45, 2.75) is 0 Å². The summed E-state index contributed by atoms with van der Waals surface area (Å²) in [4.78, 5) is 33.9. The van der Waals surface area contributed by atoms with Crippen LogP contribution in [0.4, 0.5) is 9.93 Å². The Hall–Kier alpha value is -2.90.